The highest BCUT2D eigenvalue weighted by Gasteiger charge is 2.21. The third-order valence-electron chi connectivity index (χ3n) is 4.75. The monoisotopic (exact) mass is 355 g/mol. The van der Waals surface area contributed by atoms with Gasteiger partial charge >= 0.3 is 0 Å². The molecule has 0 aliphatic carbocycles. The summed E-state index contributed by atoms with van der Waals surface area (Å²) >= 11 is 0. The van der Waals surface area contributed by atoms with E-state index in [2.05, 4.69) is 12.2 Å². The van der Waals surface area contributed by atoms with Crippen LogP contribution in [-0.2, 0) is 14.3 Å². The smallest absolute Gasteiger partial charge is 0.219 e. The molecule has 1 unspecified atom stereocenters. The van der Waals surface area contributed by atoms with E-state index in [1.165, 1.54) is 57.8 Å². The van der Waals surface area contributed by atoms with Crippen molar-refractivity contribution in [2.75, 3.05) is 26.4 Å². The van der Waals surface area contributed by atoms with Crippen LogP contribution >= 0.6 is 0 Å². The van der Waals surface area contributed by atoms with E-state index in [1.54, 1.807) is 0 Å². The van der Waals surface area contributed by atoms with E-state index >= 15 is 0 Å². The van der Waals surface area contributed by atoms with Crippen LogP contribution in [0.5, 0.6) is 0 Å². The predicted molar refractivity (Wildman–Crippen MR) is 104 cm³/mol. The minimum Gasteiger partial charge on any atom is -0.379 e. The maximum atomic E-state index is 11.7. The lowest BCUT2D eigenvalue weighted by Crippen LogP contribution is -2.23. The summed E-state index contributed by atoms with van der Waals surface area (Å²) in [4.78, 5) is 11.7. The van der Waals surface area contributed by atoms with Gasteiger partial charge in [0.25, 0.3) is 0 Å². The largest absolute Gasteiger partial charge is 0.379 e. The Morgan fingerprint density at radius 2 is 1.52 bits per heavy atom. The molecule has 0 aromatic rings. The van der Waals surface area contributed by atoms with Crippen LogP contribution in [-0.4, -0.2) is 38.4 Å². The molecule has 1 heterocycles. The van der Waals surface area contributed by atoms with Crippen molar-refractivity contribution in [2.24, 2.45) is 0 Å². The average Bonchev–Trinajstić information content (AvgIpc) is 3.43. The molecule has 1 rings (SSSR count). The van der Waals surface area contributed by atoms with Gasteiger partial charge in [-0.3, -0.25) is 4.79 Å². The molecule has 1 atom stereocenters. The Bertz CT molecular complexity index is 306. The van der Waals surface area contributed by atoms with E-state index in [-0.39, 0.29) is 5.91 Å². The van der Waals surface area contributed by atoms with Crippen molar-refractivity contribution in [1.29, 1.82) is 0 Å². The number of hydrogen-bond donors (Lipinski definition) is 1. The topological polar surface area (TPSA) is 50.9 Å². The molecule has 4 heteroatoms. The second-order valence-corrected chi connectivity index (χ2v) is 7.37. The number of rotatable bonds is 19. The zero-order valence-corrected chi connectivity index (χ0v) is 16.5. The first-order valence-electron chi connectivity index (χ1n) is 10.8. The lowest BCUT2D eigenvalue weighted by atomic mass is 10.1. The van der Waals surface area contributed by atoms with E-state index in [0.29, 0.717) is 12.5 Å². The maximum absolute atomic E-state index is 11.7. The van der Waals surface area contributed by atoms with Crippen molar-refractivity contribution in [1.82, 2.24) is 5.32 Å². The number of carbonyl (C=O) groups is 1. The Morgan fingerprint density at radius 3 is 2.16 bits per heavy atom. The number of unbranched alkanes of at least 4 members (excludes halogenated alkanes) is 11. The maximum Gasteiger partial charge on any atom is 0.219 e. The Morgan fingerprint density at radius 1 is 0.920 bits per heavy atom. The van der Waals surface area contributed by atoms with Crippen molar-refractivity contribution in [3.63, 3.8) is 0 Å². The summed E-state index contributed by atoms with van der Waals surface area (Å²) in [6, 6.07) is 0. The second-order valence-electron chi connectivity index (χ2n) is 7.37. The minimum atomic E-state index is 0.211. The van der Waals surface area contributed by atoms with Crippen LogP contribution in [0.15, 0.2) is 0 Å². The summed E-state index contributed by atoms with van der Waals surface area (Å²) in [5, 5.41) is 3.05. The molecule has 1 aliphatic heterocycles. The standard InChI is InChI=1S/C21H41NO3/c1-2-3-4-5-6-7-8-9-10-13-16-22-21(23)15-12-11-14-17-24-18-20-19-25-20/h20H,2-19H2,1H3,(H,22,23). The van der Waals surface area contributed by atoms with Crippen molar-refractivity contribution >= 4 is 5.91 Å². The van der Waals surface area contributed by atoms with Gasteiger partial charge in [-0.2, -0.15) is 0 Å². The summed E-state index contributed by atoms with van der Waals surface area (Å²) in [6.07, 6.45) is 17.4. The lowest BCUT2D eigenvalue weighted by molar-refractivity contribution is -0.121. The Labute approximate surface area is 155 Å². The normalized spacial score (nSPS) is 16.1. The molecule has 148 valence electrons. The molecule has 0 aromatic heterocycles. The van der Waals surface area contributed by atoms with Gasteiger partial charge in [-0.1, -0.05) is 71.1 Å². The zero-order valence-electron chi connectivity index (χ0n) is 16.5. The summed E-state index contributed by atoms with van der Waals surface area (Å²) < 4.78 is 10.6. The van der Waals surface area contributed by atoms with Crippen molar-refractivity contribution < 1.29 is 14.3 Å². The van der Waals surface area contributed by atoms with Gasteiger partial charge < -0.3 is 14.8 Å². The first kappa shape index (κ1) is 22.4. The Balaban J connectivity index is 1.69. The van der Waals surface area contributed by atoms with Gasteiger partial charge in [-0.05, 0) is 19.3 Å². The molecular weight excluding hydrogens is 314 g/mol. The predicted octanol–water partition coefficient (Wildman–Crippen LogP) is 5.00. The fourth-order valence-electron chi connectivity index (χ4n) is 2.97. The molecule has 25 heavy (non-hydrogen) atoms. The first-order chi connectivity index (χ1) is 12.3. The van der Waals surface area contributed by atoms with Crippen molar-refractivity contribution in [2.45, 2.75) is 103 Å². The van der Waals surface area contributed by atoms with E-state index in [9.17, 15) is 4.79 Å². The van der Waals surface area contributed by atoms with Crippen LogP contribution < -0.4 is 5.32 Å². The highest BCUT2D eigenvalue weighted by atomic mass is 16.6. The highest BCUT2D eigenvalue weighted by Crippen LogP contribution is 2.10. The molecule has 1 amide bonds. The summed E-state index contributed by atoms with van der Waals surface area (Å²) in [5.41, 5.74) is 0. The minimum absolute atomic E-state index is 0.211. The first-order valence-corrected chi connectivity index (χ1v) is 10.8. The fourth-order valence-corrected chi connectivity index (χ4v) is 2.97. The molecule has 1 fully saturated rings. The quantitative estimate of drug-likeness (QED) is 0.262. The van der Waals surface area contributed by atoms with Crippen molar-refractivity contribution in [3.8, 4) is 0 Å². The summed E-state index contributed by atoms with van der Waals surface area (Å²) in [7, 11) is 0. The molecule has 0 spiro atoms. The molecule has 1 aliphatic rings. The van der Waals surface area contributed by atoms with Gasteiger partial charge in [-0.15, -0.1) is 0 Å². The van der Waals surface area contributed by atoms with Gasteiger partial charge in [0.15, 0.2) is 0 Å². The number of epoxide rings is 1. The van der Waals surface area contributed by atoms with Crippen molar-refractivity contribution in [3.05, 3.63) is 0 Å². The zero-order chi connectivity index (χ0) is 18.0. The molecule has 0 aromatic carbocycles. The Hall–Kier alpha value is -0.610. The van der Waals surface area contributed by atoms with E-state index in [1.807, 2.05) is 0 Å². The van der Waals surface area contributed by atoms with Gasteiger partial charge in [0.1, 0.15) is 6.10 Å². The highest BCUT2D eigenvalue weighted by molar-refractivity contribution is 5.75. The third kappa shape index (κ3) is 16.6. The van der Waals surface area contributed by atoms with Gasteiger partial charge in [0.2, 0.25) is 5.91 Å². The number of ether oxygens (including phenoxy) is 2. The molecule has 1 N–H and O–H groups in total. The molecule has 0 bridgehead atoms. The molecular formula is C21H41NO3. The number of carbonyl (C=O) groups excluding carboxylic acids is 1. The number of hydrogen-bond acceptors (Lipinski definition) is 3. The van der Waals surface area contributed by atoms with Gasteiger partial charge in [-0.25, -0.2) is 0 Å². The van der Waals surface area contributed by atoms with E-state index in [0.717, 1.165) is 52.0 Å². The van der Waals surface area contributed by atoms with Gasteiger partial charge in [0.05, 0.1) is 13.2 Å². The van der Waals surface area contributed by atoms with Crippen LogP contribution in [0.2, 0.25) is 0 Å². The van der Waals surface area contributed by atoms with E-state index < -0.39 is 0 Å². The lowest BCUT2D eigenvalue weighted by Gasteiger charge is -2.06. The van der Waals surface area contributed by atoms with Crippen LogP contribution in [0.4, 0.5) is 0 Å². The SMILES string of the molecule is CCCCCCCCCCCCNC(=O)CCCCCOCC1CO1. The van der Waals surface area contributed by atoms with Gasteiger partial charge in [0, 0.05) is 19.6 Å². The van der Waals surface area contributed by atoms with Crippen LogP contribution in [0, 0.1) is 0 Å². The van der Waals surface area contributed by atoms with Crippen LogP contribution in [0.25, 0.3) is 0 Å². The van der Waals surface area contributed by atoms with Crippen LogP contribution in [0.1, 0.15) is 96.8 Å². The summed E-state index contributed by atoms with van der Waals surface area (Å²) in [6.45, 7) is 5.50. The Kier molecular flexibility index (Phi) is 15.1. The average molecular weight is 356 g/mol. The molecule has 1 saturated heterocycles. The molecule has 0 radical (unpaired) electrons. The van der Waals surface area contributed by atoms with Crippen LogP contribution in [0.3, 0.4) is 0 Å². The number of nitrogens with one attached hydrogen (secondary N) is 1. The molecule has 0 saturated carbocycles. The number of amides is 1. The molecule has 4 nitrogen and oxygen atoms in total. The fraction of sp³-hybridized carbons (Fsp3) is 0.952. The second kappa shape index (κ2) is 16.8. The third-order valence-corrected chi connectivity index (χ3v) is 4.75. The summed E-state index contributed by atoms with van der Waals surface area (Å²) in [5.74, 6) is 0.211. The van der Waals surface area contributed by atoms with E-state index in [4.69, 9.17) is 9.47 Å².